The largest absolute Gasteiger partial charge is 0.394 e. The third kappa shape index (κ3) is 1.95. The molecule has 82 valence electrons. The first-order valence-electron chi connectivity index (χ1n) is 5.83. The summed E-state index contributed by atoms with van der Waals surface area (Å²) in [4.78, 5) is 2.49. The minimum absolute atomic E-state index is 0.00958. The van der Waals surface area contributed by atoms with Gasteiger partial charge in [0.05, 0.1) is 12.1 Å². The molecule has 1 saturated carbocycles. The van der Waals surface area contributed by atoms with Gasteiger partial charge in [0.1, 0.15) is 0 Å². The number of hydrogen-bond acceptors (Lipinski definition) is 3. The molecule has 0 aromatic heterocycles. The van der Waals surface area contributed by atoms with Crippen LogP contribution in [0.1, 0.15) is 25.7 Å². The molecule has 1 heterocycles. The monoisotopic (exact) mass is 198 g/mol. The molecule has 1 atom stereocenters. The number of aliphatic hydroxyl groups excluding tert-OH is 1. The molecule has 1 aliphatic heterocycles. The van der Waals surface area contributed by atoms with Gasteiger partial charge in [-0.3, -0.25) is 0 Å². The molecule has 0 bridgehead atoms. The third-order valence-electron chi connectivity index (χ3n) is 3.84. The normalized spacial score (nSPS) is 27.9. The van der Waals surface area contributed by atoms with Crippen LogP contribution in [0.3, 0.4) is 0 Å². The number of nitrogens with one attached hydrogen (secondary N) is 1. The second-order valence-corrected chi connectivity index (χ2v) is 4.82. The van der Waals surface area contributed by atoms with E-state index in [0.717, 1.165) is 6.54 Å². The fraction of sp³-hybridized carbons (Fsp3) is 1.00. The van der Waals surface area contributed by atoms with Crippen molar-refractivity contribution in [2.24, 2.45) is 5.92 Å². The van der Waals surface area contributed by atoms with Crippen molar-refractivity contribution >= 4 is 0 Å². The van der Waals surface area contributed by atoms with Crippen LogP contribution in [0.25, 0.3) is 0 Å². The SMILES string of the molecule is CNC(CO)(CN1CCCC1)C1CC1. The Morgan fingerprint density at radius 2 is 2.00 bits per heavy atom. The number of likely N-dealkylation sites (tertiary alicyclic amines) is 1. The van der Waals surface area contributed by atoms with Gasteiger partial charge < -0.3 is 15.3 Å². The maximum atomic E-state index is 9.56. The zero-order valence-corrected chi connectivity index (χ0v) is 9.13. The number of aliphatic hydroxyl groups is 1. The van der Waals surface area contributed by atoms with Crippen molar-refractivity contribution in [2.45, 2.75) is 31.2 Å². The van der Waals surface area contributed by atoms with Crippen LogP contribution in [0.15, 0.2) is 0 Å². The minimum atomic E-state index is -0.00958. The van der Waals surface area contributed by atoms with Gasteiger partial charge in [-0.1, -0.05) is 0 Å². The van der Waals surface area contributed by atoms with Gasteiger partial charge in [0.15, 0.2) is 0 Å². The first-order valence-corrected chi connectivity index (χ1v) is 5.83. The summed E-state index contributed by atoms with van der Waals surface area (Å²) in [7, 11) is 1.99. The minimum Gasteiger partial charge on any atom is -0.394 e. The lowest BCUT2D eigenvalue weighted by Gasteiger charge is -2.35. The van der Waals surface area contributed by atoms with Crippen LogP contribution in [0.2, 0.25) is 0 Å². The Morgan fingerprint density at radius 1 is 1.36 bits per heavy atom. The molecular weight excluding hydrogens is 176 g/mol. The lowest BCUT2D eigenvalue weighted by Crippen LogP contribution is -2.56. The van der Waals surface area contributed by atoms with E-state index < -0.39 is 0 Å². The van der Waals surface area contributed by atoms with E-state index in [1.807, 2.05) is 7.05 Å². The summed E-state index contributed by atoms with van der Waals surface area (Å²) < 4.78 is 0. The number of nitrogens with zero attached hydrogens (tertiary/aromatic N) is 1. The molecule has 0 radical (unpaired) electrons. The van der Waals surface area contributed by atoms with Crippen molar-refractivity contribution < 1.29 is 5.11 Å². The van der Waals surface area contributed by atoms with E-state index in [-0.39, 0.29) is 12.1 Å². The molecule has 2 N–H and O–H groups in total. The van der Waals surface area contributed by atoms with Crippen molar-refractivity contribution in [3.63, 3.8) is 0 Å². The van der Waals surface area contributed by atoms with Crippen LogP contribution in [-0.4, -0.2) is 48.8 Å². The van der Waals surface area contributed by atoms with Gasteiger partial charge in [-0.15, -0.1) is 0 Å². The van der Waals surface area contributed by atoms with Crippen molar-refractivity contribution in [3.05, 3.63) is 0 Å². The van der Waals surface area contributed by atoms with E-state index in [1.165, 1.54) is 38.8 Å². The fourth-order valence-corrected chi connectivity index (χ4v) is 2.65. The molecule has 0 amide bonds. The maximum absolute atomic E-state index is 9.56. The van der Waals surface area contributed by atoms with Crippen LogP contribution in [-0.2, 0) is 0 Å². The van der Waals surface area contributed by atoms with Gasteiger partial charge in [-0.05, 0) is 51.7 Å². The van der Waals surface area contributed by atoms with E-state index in [4.69, 9.17) is 0 Å². The molecule has 1 saturated heterocycles. The summed E-state index contributed by atoms with van der Waals surface area (Å²) in [6.07, 6.45) is 5.23. The van der Waals surface area contributed by atoms with Crippen LogP contribution < -0.4 is 5.32 Å². The summed E-state index contributed by atoms with van der Waals surface area (Å²) in [5, 5.41) is 12.9. The van der Waals surface area contributed by atoms with Crippen LogP contribution in [0, 0.1) is 5.92 Å². The van der Waals surface area contributed by atoms with E-state index in [1.54, 1.807) is 0 Å². The molecule has 2 fully saturated rings. The average molecular weight is 198 g/mol. The maximum Gasteiger partial charge on any atom is 0.0628 e. The highest BCUT2D eigenvalue weighted by Gasteiger charge is 2.44. The van der Waals surface area contributed by atoms with Gasteiger partial charge in [-0.2, -0.15) is 0 Å². The van der Waals surface area contributed by atoms with Crippen molar-refractivity contribution in [1.82, 2.24) is 10.2 Å². The third-order valence-corrected chi connectivity index (χ3v) is 3.84. The summed E-state index contributed by atoms with van der Waals surface area (Å²) >= 11 is 0. The number of rotatable bonds is 5. The topological polar surface area (TPSA) is 35.5 Å². The summed E-state index contributed by atoms with van der Waals surface area (Å²) in [5.41, 5.74) is -0.00958. The smallest absolute Gasteiger partial charge is 0.0628 e. The molecule has 0 spiro atoms. The molecule has 0 aromatic carbocycles. The molecule has 3 heteroatoms. The predicted molar refractivity (Wildman–Crippen MR) is 57.3 cm³/mol. The molecule has 1 unspecified atom stereocenters. The molecule has 1 aliphatic carbocycles. The van der Waals surface area contributed by atoms with Crippen molar-refractivity contribution in [3.8, 4) is 0 Å². The zero-order chi connectivity index (χ0) is 10.0. The van der Waals surface area contributed by atoms with Gasteiger partial charge in [0, 0.05) is 6.54 Å². The quantitative estimate of drug-likeness (QED) is 0.673. The highest BCUT2D eigenvalue weighted by molar-refractivity contribution is 5.02. The second kappa shape index (κ2) is 4.17. The number of likely N-dealkylation sites (N-methyl/N-ethyl adjacent to an activating group) is 1. The Balaban J connectivity index is 1.94. The Morgan fingerprint density at radius 3 is 2.43 bits per heavy atom. The predicted octanol–water partition coefficient (Wildman–Crippen LogP) is 0.443. The summed E-state index contributed by atoms with van der Waals surface area (Å²) in [5.74, 6) is 0.707. The second-order valence-electron chi connectivity index (χ2n) is 4.82. The highest BCUT2D eigenvalue weighted by atomic mass is 16.3. The standard InChI is InChI=1S/C11H22N2O/c1-12-11(9-14,10-4-5-10)8-13-6-2-3-7-13/h10,12,14H,2-9H2,1H3. The zero-order valence-electron chi connectivity index (χ0n) is 9.13. The van der Waals surface area contributed by atoms with Gasteiger partial charge >= 0.3 is 0 Å². The van der Waals surface area contributed by atoms with E-state index in [2.05, 4.69) is 10.2 Å². The Hall–Kier alpha value is -0.120. The van der Waals surface area contributed by atoms with Crippen LogP contribution in [0.5, 0.6) is 0 Å². The Bertz CT molecular complexity index is 182. The first kappa shape index (κ1) is 10.4. The first-order chi connectivity index (χ1) is 6.80. The lowest BCUT2D eigenvalue weighted by molar-refractivity contribution is 0.107. The molecular formula is C11H22N2O. The van der Waals surface area contributed by atoms with Crippen molar-refractivity contribution in [2.75, 3.05) is 33.3 Å². The van der Waals surface area contributed by atoms with Gasteiger partial charge in [0.2, 0.25) is 0 Å². The summed E-state index contributed by atoms with van der Waals surface area (Å²) in [6.45, 7) is 3.75. The number of hydrogen-bond donors (Lipinski definition) is 2. The molecule has 14 heavy (non-hydrogen) atoms. The van der Waals surface area contributed by atoms with Crippen molar-refractivity contribution in [1.29, 1.82) is 0 Å². The lowest BCUT2D eigenvalue weighted by atomic mass is 9.93. The van der Waals surface area contributed by atoms with E-state index >= 15 is 0 Å². The van der Waals surface area contributed by atoms with Gasteiger partial charge in [-0.25, -0.2) is 0 Å². The van der Waals surface area contributed by atoms with E-state index in [9.17, 15) is 5.11 Å². The Kier molecular flexibility index (Phi) is 3.10. The van der Waals surface area contributed by atoms with Gasteiger partial charge in [0.25, 0.3) is 0 Å². The van der Waals surface area contributed by atoms with Crippen LogP contribution in [0.4, 0.5) is 0 Å². The average Bonchev–Trinajstić information content (AvgIpc) is 2.95. The molecule has 3 nitrogen and oxygen atoms in total. The molecule has 0 aromatic rings. The Labute approximate surface area is 86.5 Å². The molecule has 2 aliphatic rings. The fourth-order valence-electron chi connectivity index (χ4n) is 2.65. The van der Waals surface area contributed by atoms with Crippen LogP contribution >= 0.6 is 0 Å². The highest BCUT2D eigenvalue weighted by Crippen LogP contribution is 2.40. The molecule has 2 rings (SSSR count). The summed E-state index contributed by atoms with van der Waals surface area (Å²) in [6, 6.07) is 0. The van der Waals surface area contributed by atoms with E-state index in [0.29, 0.717) is 5.92 Å².